The molecule has 0 radical (unpaired) electrons. The molecule has 0 spiro atoms. The zero-order valence-corrected chi connectivity index (χ0v) is 17.9. The lowest BCUT2D eigenvalue weighted by atomic mass is 9.95. The number of anilines is 1. The first-order valence-corrected chi connectivity index (χ1v) is 10.4. The first kappa shape index (κ1) is 22.0. The predicted octanol–water partition coefficient (Wildman–Crippen LogP) is 5.22. The molecular formula is C26H18ClNO5. The standard InChI is InChI=1S/C26H18ClNO5/c27-20-12-5-4-11-19(20)23-22(21(29)14-13-16-7-2-1-3-8-16)24(30)25(31)28(23)18-10-6-9-17(15-18)26(32)33/h1-15,23,30H,(H,32,33)/b14-13-. The maximum atomic E-state index is 13.2. The van der Waals surface area contributed by atoms with Crippen molar-refractivity contribution in [2.24, 2.45) is 0 Å². The quantitative estimate of drug-likeness (QED) is 0.493. The van der Waals surface area contributed by atoms with Crippen LogP contribution in [0.3, 0.4) is 0 Å². The van der Waals surface area contributed by atoms with E-state index in [0.717, 1.165) is 5.56 Å². The van der Waals surface area contributed by atoms with Gasteiger partial charge in [0.05, 0.1) is 17.2 Å². The summed E-state index contributed by atoms with van der Waals surface area (Å²) in [6, 6.07) is 20.5. The molecule has 4 rings (SSSR count). The number of carboxylic acids is 1. The van der Waals surface area contributed by atoms with Gasteiger partial charge in [-0.15, -0.1) is 0 Å². The van der Waals surface area contributed by atoms with E-state index >= 15 is 0 Å². The van der Waals surface area contributed by atoms with Crippen LogP contribution in [0.1, 0.15) is 27.5 Å². The van der Waals surface area contributed by atoms with Crippen molar-refractivity contribution >= 4 is 41.0 Å². The summed E-state index contributed by atoms with van der Waals surface area (Å²) in [7, 11) is 0. The lowest BCUT2D eigenvalue weighted by Crippen LogP contribution is -2.31. The van der Waals surface area contributed by atoms with Crippen LogP contribution in [0.25, 0.3) is 6.08 Å². The van der Waals surface area contributed by atoms with Crippen molar-refractivity contribution in [3.8, 4) is 0 Å². The summed E-state index contributed by atoms with van der Waals surface area (Å²) < 4.78 is 0. The number of ketones is 1. The maximum absolute atomic E-state index is 13.2. The molecule has 3 aromatic rings. The van der Waals surface area contributed by atoms with Crippen molar-refractivity contribution in [1.82, 2.24) is 0 Å². The maximum Gasteiger partial charge on any atom is 0.335 e. The number of hydrogen-bond donors (Lipinski definition) is 2. The molecule has 0 aliphatic carbocycles. The van der Waals surface area contributed by atoms with E-state index in [9.17, 15) is 24.6 Å². The number of nitrogens with zero attached hydrogens (tertiary/aromatic N) is 1. The summed E-state index contributed by atoms with van der Waals surface area (Å²) in [5, 5.41) is 20.4. The van der Waals surface area contributed by atoms with Crippen LogP contribution < -0.4 is 4.90 Å². The molecule has 1 atom stereocenters. The van der Waals surface area contributed by atoms with E-state index in [-0.39, 0.29) is 16.8 Å². The van der Waals surface area contributed by atoms with Gasteiger partial charge in [-0.25, -0.2) is 4.79 Å². The predicted molar refractivity (Wildman–Crippen MR) is 125 cm³/mol. The third-order valence-corrected chi connectivity index (χ3v) is 5.62. The highest BCUT2D eigenvalue weighted by Crippen LogP contribution is 2.43. The minimum atomic E-state index is -1.17. The number of amides is 1. The zero-order valence-electron chi connectivity index (χ0n) is 17.2. The number of aromatic carboxylic acids is 1. The smallest absolute Gasteiger partial charge is 0.335 e. The van der Waals surface area contributed by atoms with Gasteiger partial charge in [-0.05, 0) is 41.5 Å². The van der Waals surface area contributed by atoms with Gasteiger partial charge in [0.1, 0.15) is 0 Å². The molecule has 0 fully saturated rings. The second-order valence-corrected chi connectivity index (χ2v) is 7.73. The molecule has 1 unspecified atom stereocenters. The highest BCUT2D eigenvalue weighted by atomic mass is 35.5. The molecule has 164 valence electrons. The number of carbonyl (C=O) groups is 3. The van der Waals surface area contributed by atoms with Gasteiger partial charge >= 0.3 is 5.97 Å². The molecule has 1 aliphatic heterocycles. The van der Waals surface area contributed by atoms with Crippen LogP contribution in [0.2, 0.25) is 5.02 Å². The number of halogens is 1. The molecule has 33 heavy (non-hydrogen) atoms. The summed E-state index contributed by atoms with van der Waals surface area (Å²) >= 11 is 6.41. The molecule has 0 bridgehead atoms. The summed E-state index contributed by atoms with van der Waals surface area (Å²) in [6.07, 6.45) is 2.87. The van der Waals surface area contributed by atoms with Gasteiger partial charge < -0.3 is 10.2 Å². The number of allylic oxidation sites excluding steroid dienone is 1. The molecule has 1 amide bonds. The molecule has 0 aromatic heterocycles. The van der Waals surface area contributed by atoms with Crippen LogP contribution in [-0.4, -0.2) is 27.9 Å². The lowest BCUT2D eigenvalue weighted by molar-refractivity contribution is -0.117. The van der Waals surface area contributed by atoms with Crippen molar-refractivity contribution < 1.29 is 24.6 Å². The average Bonchev–Trinajstić information content (AvgIpc) is 3.09. The van der Waals surface area contributed by atoms with Crippen LogP contribution in [0, 0.1) is 0 Å². The van der Waals surface area contributed by atoms with Crippen molar-refractivity contribution in [2.75, 3.05) is 4.90 Å². The summed E-state index contributed by atoms with van der Waals surface area (Å²) in [4.78, 5) is 39.0. The second kappa shape index (κ2) is 9.14. The van der Waals surface area contributed by atoms with E-state index in [1.807, 2.05) is 30.3 Å². The molecule has 1 heterocycles. The van der Waals surface area contributed by atoms with Gasteiger partial charge in [0.2, 0.25) is 0 Å². The van der Waals surface area contributed by atoms with Gasteiger partial charge in [-0.2, -0.15) is 0 Å². The Kier molecular flexibility index (Phi) is 6.11. The Labute approximate surface area is 194 Å². The Hall–Kier alpha value is -4.16. The Morgan fingerprint density at radius 1 is 0.939 bits per heavy atom. The van der Waals surface area contributed by atoms with E-state index in [1.54, 1.807) is 30.3 Å². The van der Waals surface area contributed by atoms with E-state index < -0.39 is 29.5 Å². The Bertz CT molecular complexity index is 1310. The Balaban J connectivity index is 1.83. The normalized spacial score (nSPS) is 16.0. The van der Waals surface area contributed by atoms with Crippen molar-refractivity contribution in [1.29, 1.82) is 0 Å². The summed E-state index contributed by atoms with van der Waals surface area (Å²) in [5.41, 5.74) is 1.23. The molecule has 0 saturated heterocycles. The molecule has 2 N–H and O–H groups in total. The number of aliphatic hydroxyl groups excluding tert-OH is 1. The SMILES string of the molecule is O=C(/C=C\c1ccccc1)C1=C(O)C(=O)N(c2cccc(C(=O)O)c2)C1c1ccccc1Cl. The van der Waals surface area contributed by atoms with Crippen LogP contribution in [0.5, 0.6) is 0 Å². The Morgan fingerprint density at radius 2 is 1.64 bits per heavy atom. The zero-order chi connectivity index (χ0) is 23.5. The minimum absolute atomic E-state index is 0.0403. The lowest BCUT2D eigenvalue weighted by Gasteiger charge is -2.27. The molecule has 0 saturated carbocycles. The fourth-order valence-corrected chi connectivity index (χ4v) is 3.97. The van der Waals surface area contributed by atoms with E-state index in [2.05, 4.69) is 0 Å². The van der Waals surface area contributed by atoms with E-state index in [0.29, 0.717) is 10.6 Å². The minimum Gasteiger partial charge on any atom is -0.503 e. The molecule has 6 nitrogen and oxygen atoms in total. The highest BCUT2D eigenvalue weighted by Gasteiger charge is 2.44. The molecule has 7 heteroatoms. The number of aliphatic hydroxyl groups is 1. The van der Waals surface area contributed by atoms with Crippen molar-refractivity contribution in [2.45, 2.75) is 6.04 Å². The summed E-state index contributed by atoms with van der Waals surface area (Å²) in [6.45, 7) is 0. The van der Waals surface area contributed by atoms with Crippen LogP contribution in [0.4, 0.5) is 5.69 Å². The van der Waals surface area contributed by atoms with Crippen LogP contribution in [0.15, 0.2) is 96.3 Å². The topological polar surface area (TPSA) is 94.9 Å². The van der Waals surface area contributed by atoms with E-state index in [1.165, 1.54) is 35.2 Å². The van der Waals surface area contributed by atoms with Crippen LogP contribution in [-0.2, 0) is 9.59 Å². The largest absolute Gasteiger partial charge is 0.503 e. The number of carbonyl (C=O) groups excluding carboxylic acids is 2. The molecular weight excluding hydrogens is 442 g/mol. The Morgan fingerprint density at radius 3 is 2.33 bits per heavy atom. The van der Waals surface area contributed by atoms with Gasteiger partial charge in [-0.1, -0.05) is 72.3 Å². The first-order valence-electron chi connectivity index (χ1n) is 10.0. The van der Waals surface area contributed by atoms with E-state index in [4.69, 9.17) is 11.6 Å². The number of benzene rings is 3. The monoisotopic (exact) mass is 459 g/mol. The van der Waals surface area contributed by atoms with Gasteiger partial charge in [0.15, 0.2) is 11.5 Å². The second-order valence-electron chi connectivity index (χ2n) is 7.33. The first-order chi connectivity index (χ1) is 15.9. The van der Waals surface area contributed by atoms with Gasteiger partial charge in [0, 0.05) is 10.7 Å². The van der Waals surface area contributed by atoms with Crippen LogP contribution >= 0.6 is 11.6 Å². The number of carboxylic acid groups (broad SMARTS) is 1. The number of rotatable bonds is 6. The van der Waals surface area contributed by atoms with Crippen molar-refractivity contribution in [3.05, 3.63) is 118 Å². The third-order valence-electron chi connectivity index (χ3n) is 5.27. The highest BCUT2D eigenvalue weighted by molar-refractivity contribution is 6.32. The van der Waals surface area contributed by atoms with Crippen molar-refractivity contribution in [3.63, 3.8) is 0 Å². The van der Waals surface area contributed by atoms with Gasteiger partial charge in [-0.3, -0.25) is 14.5 Å². The summed E-state index contributed by atoms with van der Waals surface area (Å²) in [5.74, 6) is -3.26. The molecule has 1 aliphatic rings. The number of hydrogen-bond acceptors (Lipinski definition) is 4. The average molecular weight is 460 g/mol. The fourth-order valence-electron chi connectivity index (χ4n) is 3.73. The molecule has 3 aromatic carbocycles. The fraction of sp³-hybridized carbons (Fsp3) is 0.0385. The van der Waals surface area contributed by atoms with Gasteiger partial charge in [0.25, 0.3) is 5.91 Å². The third kappa shape index (κ3) is 4.29.